The highest BCUT2D eigenvalue weighted by atomic mass is 35.5. The van der Waals surface area contributed by atoms with Crippen molar-refractivity contribution in [3.8, 4) is 0 Å². The van der Waals surface area contributed by atoms with E-state index in [0.29, 0.717) is 5.56 Å². The monoisotopic (exact) mass is 314 g/mol. The predicted molar refractivity (Wildman–Crippen MR) is 74.4 cm³/mol. The number of hydrogen-bond donors (Lipinski definition) is 1. The van der Waals surface area contributed by atoms with Gasteiger partial charge < -0.3 is 0 Å². The van der Waals surface area contributed by atoms with Crippen molar-refractivity contribution in [1.29, 1.82) is 0 Å². The van der Waals surface area contributed by atoms with Crippen molar-refractivity contribution in [1.82, 2.24) is 9.71 Å². The van der Waals surface area contributed by atoms with Crippen LogP contribution in [0.5, 0.6) is 0 Å². The molecule has 0 radical (unpaired) electrons. The van der Waals surface area contributed by atoms with Gasteiger partial charge in [0.05, 0.1) is 0 Å². The fourth-order valence-electron chi connectivity index (χ4n) is 1.67. The summed E-state index contributed by atoms with van der Waals surface area (Å²) in [4.78, 5) is 3.73. The van der Waals surface area contributed by atoms with Gasteiger partial charge in [0.1, 0.15) is 15.9 Å². The van der Waals surface area contributed by atoms with Crippen LogP contribution in [-0.4, -0.2) is 13.4 Å². The molecule has 2 aromatic rings. The van der Waals surface area contributed by atoms with E-state index in [1.165, 1.54) is 36.5 Å². The van der Waals surface area contributed by atoms with Crippen LogP contribution in [0.1, 0.15) is 18.5 Å². The Morgan fingerprint density at radius 3 is 2.65 bits per heavy atom. The lowest BCUT2D eigenvalue weighted by molar-refractivity contribution is 0.564. The molecule has 20 heavy (non-hydrogen) atoms. The molecule has 0 saturated carbocycles. The minimum Gasteiger partial charge on any atom is -0.243 e. The number of aromatic nitrogens is 1. The molecular weight excluding hydrogens is 303 g/mol. The van der Waals surface area contributed by atoms with Gasteiger partial charge in [-0.1, -0.05) is 23.7 Å². The van der Waals surface area contributed by atoms with Crippen LogP contribution in [0.15, 0.2) is 47.5 Å². The third-order valence-electron chi connectivity index (χ3n) is 2.69. The summed E-state index contributed by atoms with van der Waals surface area (Å²) in [6, 6.07) is 7.95. The van der Waals surface area contributed by atoms with Crippen molar-refractivity contribution in [3.63, 3.8) is 0 Å². The lowest BCUT2D eigenvalue weighted by Gasteiger charge is -2.14. The average molecular weight is 315 g/mol. The fourth-order valence-corrected chi connectivity index (χ4v) is 2.95. The first kappa shape index (κ1) is 14.9. The van der Waals surface area contributed by atoms with Crippen LogP contribution < -0.4 is 4.72 Å². The van der Waals surface area contributed by atoms with Crippen LogP contribution in [0, 0.1) is 5.82 Å². The van der Waals surface area contributed by atoms with Gasteiger partial charge in [-0.2, -0.15) is 0 Å². The van der Waals surface area contributed by atoms with Gasteiger partial charge >= 0.3 is 0 Å². The third-order valence-corrected chi connectivity index (χ3v) is 4.44. The summed E-state index contributed by atoms with van der Waals surface area (Å²) in [5.74, 6) is -0.415. The van der Waals surface area contributed by atoms with Crippen molar-refractivity contribution in [2.45, 2.75) is 17.9 Å². The smallest absolute Gasteiger partial charge is 0.242 e. The number of nitrogens with zero attached hydrogens (tertiary/aromatic N) is 1. The van der Waals surface area contributed by atoms with Crippen LogP contribution in [-0.2, 0) is 10.0 Å². The summed E-state index contributed by atoms with van der Waals surface area (Å²) < 4.78 is 39.8. The van der Waals surface area contributed by atoms with Crippen molar-refractivity contribution >= 4 is 21.6 Å². The molecule has 0 aliphatic rings. The van der Waals surface area contributed by atoms with Gasteiger partial charge in [-0.05, 0) is 36.8 Å². The molecule has 106 valence electrons. The van der Waals surface area contributed by atoms with E-state index in [1.54, 1.807) is 13.0 Å². The molecule has 1 N–H and O–H groups in total. The second-order valence-corrected chi connectivity index (χ2v) is 6.32. The Bertz CT molecular complexity index is 705. The summed E-state index contributed by atoms with van der Waals surface area (Å²) in [5, 5.41) is 0.210. The third kappa shape index (κ3) is 3.53. The average Bonchev–Trinajstić information content (AvgIpc) is 2.38. The van der Waals surface area contributed by atoms with Crippen molar-refractivity contribution in [2.24, 2.45) is 0 Å². The van der Waals surface area contributed by atoms with Crippen LogP contribution in [0.3, 0.4) is 0 Å². The highest BCUT2D eigenvalue weighted by molar-refractivity contribution is 7.89. The fraction of sp³-hybridized carbons (Fsp3) is 0.154. The van der Waals surface area contributed by atoms with E-state index in [0.717, 1.165) is 0 Å². The van der Waals surface area contributed by atoms with Gasteiger partial charge in [0.15, 0.2) is 0 Å². The van der Waals surface area contributed by atoms with E-state index in [-0.39, 0.29) is 10.0 Å². The van der Waals surface area contributed by atoms with Gasteiger partial charge in [-0.15, -0.1) is 0 Å². The number of benzene rings is 1. The van der Waals surface area contributed by atoms with Crippen molar-refractivity contribution in [2.75, 3.05) is 0 Å². The molecule has 0 spiro atoms. The Labute approximate surface area is 121 Å². The molecular formula is C13H12ClFN2O2S. The first-order valence-corrected chi connectivity index (χ1v) is 7.64. The Hall–Kier alpha value is -1.50. The lowest BCUT2D eigenvalue weighted by atomic mass is 10.1. The summed E-state index contributed by atoms with van der Waals surface area (Å²) >= 11 is 5.61. The minimum absolute atomic E-state index is 0.00477. The second-order valence-electron chi connectivity index (χ2n) is 4.21. The molecule has 0 amide bonds. The maximum absolute atomic E-state index is 13.1. The highest BCUT2D eigenvalue weighted by Crippen LogP contribution is 2.18. The number of halogens is 2. The zero-order valence-corrected chi connectivity index (χ0v) is 12.1. The van der Waals surface area contributed by atoms with Crippen LogP contribution in [0.2, 0.25) is 5.15 Å². The maximum Gasteiger partial charge on any atom is 0.242 e. The molecule has 1 aromatic carbocycles. The highest BCUT2D eigenvalue weighted by Gasteiger charge is 2.18. The molecule has 0 bridgehead atoms. The van der Waals surface area contributed by atoms with E-state index in [1.807, 2.05) is 0 Å². The normalized spacial score (nSPS) is 13.2. The lowest BCUT2D eigenvalue weighted by Crippen LogP contribution is -2.27. The summed E-state index contributed by atoms with van der Waals surface area (Å²) in [6.07, 6.45) is 1.17. The zero-order valence-electron chi connectivity index (χ0n) is 10.5. The number of rotatable bonds is 4. The number of pyridine rings is 1. The summed E-state index contributed by atoms with van der Waals surface area (Å²) in [5.41, 5.74) is 0.537. The van der Waals surface area contributed by atoms with E-state index in [2.05, 4.69) is 9.71 Å². The Balaban J connectivity index is 2.22. The van der Waals surface area contributed by atoms with E-state index in [4.69, 9.17) is 11.6 Å². The van der Waals surface area contributed by atoms with Crippen LogP contribution in [0.25, 0.3) is 0 Å². The molecule has 1 heterocycles. The van der Waals surface area contributed by atoms with Gasteiger partial charge in [0.2, 0.25) is 10.0 Å². The van der Waals surface area contributed by atoms with E-state index >= 15 is 0 Å². The summed E-state index contributed by atoms with van der Waals surface area (Å²) in [6.45, 7) is 1.63. The second kappa shape index (κ2) is 5.87. The van der Waals surface area contributed by atoms with Crippen LogP contribution >= 0.6 is 11.6 Å². The zero-order chi connectivity index (χ0) is 14.8. The molecule has 1 unspecified atom stereocenters. The van der Waals surface area contributed by atoms with Gasteiger partial charge in [0.25, 0.3) is 0 Å². The molecule has 0 fully saturated rings. The molecule has 0 aliphatic carbocycles. The topological polar surface area (TPSA) is 59.1 Å². The molecule has 0 saturated heterocycles. The molecule has 1 aromatic heterocycles. The van der Waals surface area contributed by atoms with Crippen LogP contribution in [0.4, 0.5) is 4.39 Å². The number of hydrogen-bond acceptors (Lipinski definition) is 3. The van der Waals surface area contributed by atoms with Gasteiger partial charge in [0, 0.05) is 12.2 Å². The van der Waals surface area contributed by atoms with Crippen molar-refractivity contribution < 1.29 is 12.8 Å². The number of sulfonamides is 1. The number of nitrogens with one attached hydrogen (secondary N) is 1. The maximum atomic E-state index is 13.1. The molecule has 2 rings (SSSR count). The Morgan fingerprint density at radius 1 is 1.30 bits per heavy atom. The van der Waals surface area contributed by atoms with Gasteiger partial charge in [-0.25, -0.2) is 22.5 Å². The van der Waals surface area contributed by atoms with E-state index in [9.17, 15) is 12.8 Å². The van der Waals surface area contributed by atoms with E-state index < -0.39 is 21.9 Å². The minimum atomic E-state index is -3.73. The standard InChI is InChI=1S/C13H12ClFN2O2S/c1-9(10-3-2-4-11(15)7-10)17-20(18,19)12-5-6-13(14)16-8-12/h2-9,17H,1H3. The Morgan fingerprint density at radius 2 is 2.05 bits per heavy atom. The first-order valence-electron chi connectivity index (χ1n) is 5.78. The first-order chi connectivity index (χ1) is 9.38. The molecule has 7 heteroatoms. The quantitative estimate of drug-likeness (QED) is 0.883. The molecule has 1 atom stereocenters. The Kier molecular flexibility index (Phi) is 4.37. The predicted octanol–water partition coefficient (Wildman–Crippen LogP) is 2.91. The van der Waals surface area contributed by atoms with Crippen molar-refractivity contribution in [3.05, 3.63) is 59.1 Å². The summed E-state index contributed by atoms with van der Waals surface area (Å²) in [7, 11) is -3.73. The molecule has 0 aliphatic heterocycles. The SMILES string of the molecule is CC(NS(=O)(=O)c1ccc(Cl)nc1)c1cccc(F)c1. The molecule has 4 nitrogen and oxygen atoms in total. The van der Waals surface area contributed by atoms with Gasteiger partial charge in [-0.3, -0.25) is 0 Å². The largest absolute Gasteiger partial charge is 0.243 e.